The van der Waals surface area contributed by atoms with E-state index in [-0.39, 0.29) is 0 Å². The maximum atomic E-state index is 4.61. The van der Waals surface area contributed by atoms with Crippen LogP contribution in [-0.4, -0.2) is 4.98 Å². The second kappa shape index (κ2) is 3.92. The summed E-state index contributed by atoms with van der Waals surface area (Å²) in [4.78, 5) is 5.59. The normalized spacial score (nSPS) is 10.8. The van der Waals surface area contributed by atoms with E-state index in [1.54, 1.807) is 11.3 Å². The first-order chi connectivity index (χ1) is 7.84. The lowest BCUT2D eigenvalue weighted by atomic mass is 10.2. The maximum absolute atomic E-state index is 4.61. The SMILES string of the molecule is Sc1ccccc1-c1nc2ccccc2s1. The van der Waals surface area contributed by atoms with Crippen LogP contribution in [0, 0.1) is 0 Å². The average Bonchev–Trinajstić information content (AvgIpc) is 2.73. The van der Waals surface area contributed by atoms with Gasteiger partial charge in [0.05, 0.1) is 10.2 Å². The molecule has 0 bridgehead atoms. The van der Waals surface area contributed by atoms with Crippen molar-refractivity contribution in [2.45, 2.75) is 4.90 Å². The van der Waals surface area contributed by atoms with Gasteiger partial charge in [0.1, 0.15) is 5.01 Å². The Morgan fingerprint density at radius 2 is 1.69 bits per heavy atom. The van der Waals surface area contributed by atoms with Crippen LogP contribution >= 0.6 is 24.0 Å². The van der Waals surface area contributed by atoms with Gasteiger partial charge in [-0.3, -0.25) is 0 Å². The van der Waals surface area contributed by atoms with Gasteiger partial charge in [-0.1, -0.05) is 30.3 Å². The van der Waals surface area contributed by atoms with Crippen molar-refractivity contribution in [1.29, 1.82) is 0 Å². The quantitative estimate of drug-likeness (QED) is 0.630. The third-order valence-electron chi connectivity index (χ3n) is 2.43. The Balaban J connectivity index is 2.23. The maximum Gasteiger partial charge on any atom is 0.125 e. The lowest BCUT2D eigenvalue weighted by molar-refractivity contribution is 1.40. The highest BCUT2D eigenvalue weighted by molar-refractivity contribution is 7.80. The number of rotatable bonds is 1. The number of para-hydroxylation sites is 1. The predicted octanol–water partition coefficient (Wildman–Crippen LogP) is 4.25. The Kier molecular flexibility index (Phi) is 2.42. The molecule has 0 aliphatic heterocycles. The highest BCUT2D eigenvalue weighted by Gasteiger charge is 2.07. The molecule has 1 nitrogen and oxygen atoms in total. The number of nitrogens with zero attached hydrogens (tertiary/aromatic N) is 1. The summed E-state index contributed by atoms with van der Waals surface area (Å²) in [6.45, 7) is 0. The highest BCUT2D eigenvalue weighted by atomic mass is 32.1. The first-order valence-electron chi connectivity index (χ1n) is 4.98. The van der Waals surface area contributed by atoms with Crippen LogP contribution in [0.15, 0.2) is 53.4 Å². The largest absolute Gasteiger partial charge is 0.236 e. The summed E-state index contributed by atoms with van der Waals surface area (Å²) >= 11 is 6.16. The molecule has 0 atom stereocenters. The molecule has 0 fully saturated rings. The minimum absolute atomic E-state index is 0.974. The number of thiol groups is 1. The zero-order valence-corrected chi connectivity index (χ0v) is 10.1. The minimum atomic E-state index is 0.974. The third kappa shape index (κ3) is 1.62. The Bertz CT molecular complexity index is 610. The van der Waals surface area contributed by atoms with Crippen molar-refractivity contribution in [3.05, 3.63) is 48.5 Å². The van der Waals surface area contributed by atoms with Crippen LogP contribution in [-0.2, 0) is 0 Å². The Morgan fingerprint density at radius 3 is 2.50 bits per heavy atom. The first kappa shape index (κ1) is 9.87. The van der Waals surface area contributed by atoms with Crippen molar-refractivity contribution in [2.24, 2.45) is 0 Å². The molecule has 0 unspecified atom stereocenters. The van der Waals surface area contributed by atoms with E-state index in [2.05, 4.69) is 29.7 Å². The van der Waals surface area contributed by atoms with E-state index in [0.717, 1.165) is 21.0 Å². The van der Waals surface area contributed by atoms with Gasteiger partial charge in [-0.15, -0.1) is 24.0 Å². The fourth-order valence-corrected chi connectivity index (χ4v) is 2.99. The smallest absolute Gasteiger partial charge is 0.125 e. The molecule has 3 rings (SSSR count). The molecule has 78 valence electrons. The van der Waals surface area contributed by atoms with Crippen molar-refractivity contribution < 1.29 is 0 Å². The van der Waals surface area contributed by atoms with Gasteiger partial charge in [-0.05, 0) is 18.2 Å². The molecule has 1 aromatic heterocycles. The summed E-state index contributed by atoms with van der Waals surface area (Å²) in [5.41, 5.74) is 2.16. The molecule has 16 heavy (non-hydrogen) atoms. The zero-order valence-electron chi connectivity index (χ0n) is 8.42. The monoisotopic (exact) mass is 243 g/mol. The number of hydrogen-bond acceptors (Lipinski definition) is 3. The summed E-state index contributed by atoms with van der Waals surface area (Å²) in [6.07, 6.45) is 0. The van der Waals surface area contributed by atoms with Gasteiger partial charge in [0.15, 0.2) is 0 Å². The van der Waals surface area contributed by atoms with Gasteiger partial charge in [0.2, 0.25) is 0 Å². The molecule has 0 radical (unpaired) electrons. The van der Waals surface area contributed by atoms with Crippen LogP contribution in [0.4, 0.5) is 0 Å². The van der Waals surface area contributed by atoms with E-state index < -0.39 is 0 Å². The lowest BCUT2D eigenvalue weighted by Gasteiger charge is -1.98. The highest BCUT2D eigenvalue weighted by Crippen LogP contribution is 2.33. The average molecular weight is 243 g/mol. The van der Waals surface area contributed by atoms with Crippen molar-refractivity contribution in [1.82, 2.24) is 4.98 Å². The summed E-state index contributed by atoms with van der Waals surface area (Å²) in [5.74, 6) is 0. The molecule has 0 amide bonds. The molecule has 0 aliphatic carbocycles. The van der Waals surface area contributed by atoms with E-state index >= 15 is 0 Å². The zero-order chi connectivity index (χ0) is 11.0. The molecule has 0 aliphatic rings. The van der Waals surface area contributed by atoms with Gasteiger partial charge >= 0.3 is 0 Å². The van der Waals surface area contributed by atoms with Crippen molar-refractivity contribution >= 4 is 34.2 Å². The van der Waals surface area contributed by atoms with E-state index in [0.29, 0.717) is 0 Å². The third-order valence-corrected chi connectivity index (χ3v) is 3.89. The van der Waals surface area contributed by atoms with Crippen LogP contribution in [0.1, 0.15) is 0 Å². The Labute approximate surface area is 103 Å². The molecule has 1 heterocycles. The molecule has 0 saturated heterocycles. The number of fused-ring (bicyclic) bond motifs is 1. The minimum Gasteiger partial charge on any atom is -0.236 e. The number of benzene rings is 2. The molecule has 2 aromatic carbocycles. The molecule has 3 aromatic rings. The van der Waals surface area contributed by atoms with Gasteiger partial charge < -0.3 is 0 Å². The van der Waals surface area contributed by atoms with Crippen LogP contribution in [0.25, 0.3) is 20.8 Å². The van der Waals surface area contributed by atoms with Crippen LogP contribution < -0.4 is 0 Å². The standard InChI is InChI=1S/C13H9NS2/c15-11-7-3-1-5-9(11)13-14-10-6-2-4-8-12(10)16-13/h1-8,15H. The Hall–Kier alpha value is -1.32. The summed E-state index contributed by atoms with van der Waals surface area (Å²) in [6, 6.07) is 16.2. The van der Waals surface area contributed by atoms with E-state index in [9.17, 15) is 0 Å². The first-order valence-corrected chi connectivity index (χ1v) is 6.25. The van der Waals surface area contributed by atoms with Crippen molar-refractivity contribution in [2.75, 3.05) is 0 Å². The van der Waals surface area contributed by atoms with Gasteiger partial charge in [0.25, 0.3) is 0 Å². The van der Waals surface area contributed by atoms with Crippen LogP contribution in [0.3, 0.4) is 0 Å². The van der Waals surface area contributed by atoms with Gasteiger partial charge in [-0.25, -0.2) is 4.98 Å². The topological polar surface area (TPSA) is 12.9 Å². The Morgan fingerprint density at radius 1 is 0.938 bits per heavy atom. The number of thiazole rings is 1. The summed E-state index contributed by atoms with van der Waals surface area (Å²) in [7, 11) is 0. The lowest BCUT2D eigenvalue weighted by Crippen LogP contribution is -1.77. The molecule has 0 N–H and O–H groups in total. The second-order valence-electron chi connectivity index (χ2n) is 3.50. The molecular weight excluding hydrogens is 234 g/mol. The van der Waals surface area contributed by atoms with Gasteiger partial charge in [0, 0.05) is 10.5 Å². The summed E-state index contributed by atoms with van der Waals surface area (Å²) < 4.78 is 1.22. The van der Waals surface area contributed by atoms with Crippen molar-refractivity contribution in [3.63, 3.8) is 0 Å². The molecule has 3 heteroatoms. The van der Waals surface area contributed by atoms with Crippen LogP contribution in [0.2, 0.25) is 0 Å². The number of aromatic nitrogens is 1. The molecule has 0 saturated carbocycles. The molecule has 0 spiro atoms. The fourth-order valence-electron chi connectivity index (χ4n) is 1.64. The van der Waals surface area contributed by atoms with E-state index in [1.165, 1.54) is 4.70 Å². The fraction of sp³-hybridized carbons (Fsp3) is 0. The number of hydrogen-bond donors (Lipinski definition) is 1. The predicted molar refractivity (Wildman–Crippen MR) is 72.3 cm³/mol. The van der Waals surface area contributed by atoms with Crippen molar-refractivity contribution in [3.8, 4) is 10.6 Å². The van der Waals surface area contributed by atoms with E-state index in [1.807, 2.05) is 36.4 Å². The van der Waals surface area contributed by atoms with Crippen LogP contribution in [0.5, 0.6) is 0 Å². The molecular formula is C13H9NS2. The second-order valence-corrected chi connectivity index (χ2v) is 5.02. The summed E-state index contributed by atoms with van der Waals surface area (Å²) in [5, 5.41) is 1.03. The van der Waals surface area contributed by atoms with E-state index in [4.69, 9.17) is 0 Å². The van der Waals surface area contributed by atoms with Gasteiger partial charge in [-0.2, -0.15) is 0 Å².